The van der Waals surface area contributed by atoms with Crippen LogP contribution in [0.5, 0.6) is 5.88 Å². The Kier molecular flexibility index (Phi) is 5.29. The number of ether oxygens (including phenoxy) is 1. The SMILES string of the molecule is CC.COc1ccc(C(=O)O)c(C)n1. The van der Waals surface area contributed by atoms with Crippen LogP contribution in [-0.4, -0.2) is 23.2 Å². The molecule has 0 fully saturated rings. The molecule has 0 aromatic carbocycles. The first-order chi connectivity index (χ1) is 6.65. The fourth-order valence-corrected chi connectivity index (χ4v) is 0.878. The van der Waals surface area contributed by atoms with E-state index in [1.807, 2.05) is 13.8 Å². The highest BCUT2D eigenvalue weighted by Gasteiger charge is 2.07. The predicted molar refractivity (Wildman–Crippen MR) is 53.8 cm³/mol. The molecule has 0 atom stereocenters. The molecule has 0 aliphatic rings. The Morgan fingerprint density at radius 2 is 2.00 bits per heavy atom. The highest BCUT2D eigenvalue weighted by Crippen LogP contribution is 2.11. The van der Waals surface area contributed by atoms with E-state index in [0.29, 0.717) is 11.6 Å². The molecule has 4 nitrogen and oxygen atoms in total. The maximum atomic E-state index is 10.5. The van der Waals surface area contributed by atoms with Gasteiger partial charge < -0.3 is 9.84 Å². The van der Waals surface area contributed by atoms with Crippen LogP contribution in [0.15, 0.2) is 12.1 Å². The quantitative estimate of drug-likeness (QED) is 0.788. The fraction of sp³-hybridized carbons (Fsp3) is 0.400. The van der Waals surface area contributed by atoms with Gasteiger partial charge in [-0.25, -0.2) is 9.78 Å². The molecular weight excluding hydrogens is 182 g/mol. The Morgan fingerprint density at radius 3 is 2.36 bits per heavy atom. The number of pyridine rings is 1. The first-order valence-electron chi connectivity index (χ1n) is 4.40. The molecule has 1 N–H and O–H groups in total. The lowest BCUT2D eigenvalue weighted by molar-refractivity contribution is 0.0695. The summed E-state index contributed by atoms with van der Waals surface area (Å²) in [5.41, 5.74) is 0.664. The summed E-state index contributed by atoms with van der Waals surface area (Å²) in [6.07, 6.45) is 0. The molecule has 78 valence electrons. The van der Waals surface area contributed by atoms with Crippen LogP contribution in [0.3, 0.4) is 0 Å². The van der Waals surface area contributed by atoms with Gasteiger partial charge in [0.15, 0.2) is 0 Å². The van der Waals surface area contributed by atoms with Gasteiger partial charge in [0, 0.05) is 6.07 Å². The van der Waals surface area contributed by atoms with Crippen molar-refractivity contribution in [3.63, 3.8) is 0 Å². The third kappa shape index (κ3) is 3.05. The van der Waals surface area contributed by atoms with Crippen molar-refractivity contribution >= 4 is 5.97 Å². The maximum absolute atomic E-state index is 10.5. The lowest BCUT2D eigenvalue weighted by Crippen LogP contribution is -2.02. The van der Waals surface area contributed by atoms with E-state index in [4.69, 9.17) is 9.84 Å². The minimum atomic E-state index is -0.970. The fourth-order valence-electron chi connectivity index (χ4n) is 0.878. The van der Waals surface area contributed by atoms with E-state index in [-0.39, 0.29) is 5.56 Å². The van der Waals surface area contributed by atoms with Crippen molar-refractivity contribution in [1.29, 1.82) is 0 Å². The van der Waals surface area contributed by atoms with Crippen LogP contribution in [0.2, 0.25) is 0 Å². The molecule has 0 bridgehead atoms. The molecule has 1 rings (SSSR count). The monoisotopic (exact) mass is 197 g/mol. The molecule has 0 spiro atoms. The average molecular weight is 197 g/mol. The van der Waals surface area contributed by atoms with Crippen LogP contribution in [-0.2, 0) is 0 Å². The van der Waals surface area contributed by atoms with Gasteiger partial charge in [0.05, 0.1) is 18.4 Å². The van der Waals surface area contributed by atoms with Crippen molar-refractivity contribution < 1.29 is 14.6 Å². The van der Waals surface area contributed by atoms with Gasteiger partial charge in [-0.15, -0.1) is 0 Å². The smallest absolute Gasteiger partial charge is 0.337 e. The number of carboxylic acid groups (broad SMARTS) is 1. The zero-order valence-electron chi connectivity index (χ0n) is 8.87. The molecule has 14 heavy (non-hydrogen) atoms. The third-order valence-corrected chi connectivity index (χ3v) is 1.50. The zero-order valence-corrected chi connectivity index (χ0v) is 8.87. The zero-order chi connectivity index (χ0) is 11.1. The van der Waals surface area contributed by atoms with Gasteiger partial charge in [-0.1, -0.05) is 13.8 Å². The number of hydrogen-bond donors (Lipinski definition) is 1. The number of rotatable bonds is 2. The predicted octanol–water partition coefficient (Wildman–Crippen LogP) is 2.12. The van der Waals surface area contributed by atoms with E-state index in [2.05, 4.69) is 4.98 Å². The van der Waals surface area contributed by atoms with Crippen molar-refractivity contribution in [2.45, 2.75) is 20.8 Å². The first kappa shape index (κ1) is 12.4. The van der Waals surface area contributed by atoms with Gasteiger partial charge >= 0.3 is 5.97 Å². The van der Waals surface area contributed by atoms with Crippen molar-refractivity contribution in [3.05, 3.63) is 23.4 Å². The van der Waals surface area contributed by atoms with Crippen LogP contribution < -0.4 is 4.74 Å². The largest absolute Gasteiger partial charge is 0.481 e. The Hall–Kier alpha value is -1.58. The topological polar surface area (TPSA) is 59.4 Å². The van der Waals surface area contributed by atoms with Gasteiger partial charge in [-0.3, -0.25) is 0 Å². The van der Waals surface area contributed by atoms with Crippen LogP contribution in [0.4, 0.5) is 0 Å². The minimum Gasteiger partial charge on any atom is -0.481 e. The molecule has 1 aromatic rings. The Morgan fingerprint density at radius 1 is 1.43 bits per heavy atom. The van der Waals surface area contributed by atoms with Gasteiger partial charge in [0.25, 0.3) is 0 Å². The molecule has 1 heterocycles. The van der Waals surface area contributed by atoms with E-state index in [0.717, 1.165) is 0 Å². The number of aryl methyl sites for hydroxylation is 1. The van der Waals surface area contributed by atoms with Crippen LogP contribution >= 0.6 is 0 Å². The number of aromatic carboxylic acids is 1. The van der Waals surface area contributed by atoms with Crippen LogP contribution in [0, 0.1) is 6.92 Å². The van der Waals surface area contributed by atoms with E-state index in [1.54, 1.807) is 6.92 Å². The standard InChI is InChI=1S/C8H9NO3.C2H6/c1-5-6(8(10)11)3-4-7(9-5)12-2;1-2/h3-4H,1-2H3,(H,10,11);1-2H3. The molecular formula is C10H15NO3. The van der Waals surface area contributed by atoms with Gasteiger partial charge in [0.1, 0.15) is 0 Å². The molecule has 0 aliphatic carbocycles. The van der Waals surface area contributed by atoms with E-state index in [9.17, 15) is 4.79 Å². The van der Waals surface area contributed by atoms with Crippen LogP contribution in [0.1, 0.15) is 29.9 Å². The Bertz CT molecular complexity index is 310. The lowest BCUT2D eigenvalue weighted by Gasteiger charge is -2.01. The number of hydrogen-bond acceptors (Lipinski definition) is 3. The molecule has 4 heteroatoms. The summed E-state index contributed by atoms with van der Waals surface area (Å²) in [4.78, 5) is 14.5. The molecule has 0 aliphatic heterocycles. The molecule has 1 aromatic heterocycles. The number of carbonyl (C=O) groups is 1. The summed E-state index contributed by atoms with van der Waals surface area (Å²) < 4.78 is 4.83. The summed E-state index contributed by atoms with van der Waals surface area (Å²) in [6, 6.07) is 3.00. The highest BCUT2D eigenvalue weighted by molar-refractivity contribution is 5.88. The minimum absolute atomic E-state index is 0.204. The normalized spacial score (nSPS) is 8.57. The number of carboxylic acids is 1. The Labute approximate surface area is 83.6 Å². The van der Waals surface area contributed by atoms with E-state index < -0.39 is 5.97 Å². The third-order valence-electron chi connectivity index (χ3n) is 1.50. The molecule has 0 amide bonds. The van der Waals surface area contributed by atoms with Gasteiger partial charge in [-0.2, -0.15) is 0 Å². The van der Waals surface area contributed by atoms with Crippen molar-refractivity contribution in [3.8, 4) is 5.88 Å². The maximum Gasteiger partial charge on any atom is 0.337 e. The van der Waals surface area contributed by atoms with E-state index >= 15 is 0 Å². The lowest BCUT2D eigenvalue weighted by atomic mass is 10.2. The summed E-state index contributed by atoms with van der Waals surface area (Å²) in [7, 11) is 1.49. The molecule has 0 radical (unpaired) electrons. The second kappa shape index (κ2) is 5.96. The number of methoxy groups -OCH3 is 1. The summed E-state index contributed by atoms with van der Waals surface area (Å²) in [6.45, 7) is 5.63. The van der Waals surface area contributed by atoms with Crippen LogP contribution in [0.25, 0.3) is 0 Å². The van der Waals surface area contributed by atoms with E-state index in [1.165, 1.54) is 19.2 Å². The molecule has 0 unspecified atom stereocenters. The van der Waals surface area contributed by atoms with Crippen molar-refractivity contribution in [2.24, 2.45) is 0 Å². The second-order valence-corrected chi connectivity index (χ2v) is 2.29. The molecule has 0 saturated carbocycles. The summed E-state index contributed by atoms with van der Waals surface area (Å²) in [5.74, 6) is -0.542. The van der Waals surface area contributed by atoms with Crippen molar-refractivity contribution in [2.75, 3.05) is 7.11 Å². The first-order valence-corrected chi connectivity index (χ1v) is 4.40. The summed E-state index contributed by atoms with van der Waals surface area (Å²) in [5, 5.41) is 8.65. The Balaban J connectivity index is 0.000000791. The number of aromatic nitrogens is 1. The van der Waals surface area contributed by atoms with Gasteiger partial charge in [-0.05, 0) is 13.0 Å². The summed E-state index contributed by atoms with van der Waals surface area (Å²) >= 11 is 0. The van der Waals surface area contributed by atoms with Gasteiger partial charge in [0.2, 0.25) is 5.88 Å². The highest BCUT2D eigenvalue weighted by atomic mass is 16.5. The number of nitrogens with zero attached hydrogens (tertiary/aromatic N) is 1. The average Bonchev–Trinajstić information content (AvgIpc) is 2.20. The second-order valence-electron chi connectivity index (χ2n) is 2.29. The molecule has 0 saturated heterocycles. The van der Waals surface area contributed by atoms with Crippen molar-refractivity contribution in [1.82, 2.24) is 4.98 Å².